The smallest absolute Gasteiger partial charge is 0.356 e. The molecule has 8 heteroatoms. The average Bonchev–Trinajstić information content (AvgIpc) is 2.86. The molecule has 0 spiro atoms. The number of aromatic nitrogens is 3. The van der Waals surface area contributed by atoms with Gasteiger partial charge < -0.3 is 5.32 Å². The fraction of sp³-hybridized carbons (Fsp3) is 0.400. The molecule has 2 N–H and O–H groups in total. The van der Waals surface area contributed by atoms with E-state index in [0.717, 1.165) is 33.7 Å². The third-order valence-corrected chi connectivity index (χ3v) is 3.36. The summed E-state index contributed by atoms with van der Waals surface area (Å²) in [7, 11) is 0. The summed E-state index contributed by atoms with van der Waals surface area (Å²) in [5.41, 5.74) is 1.85. The van der Waals surface area contributed by atoms with Gasteiger partial charge in [0.05, 0.1) is 12.2 Å². The number of alkyl halides is 3. The van der Waals surface area contributed by atoms with Crippen molar-refractivity contribution in [2.75, 3.05) is 5.32 Å². The number of aromatic amines is 1. The number of nitrogens with one attached hydrogen (secondary N) is 2. The molecule has 0 saturated heterocycles. The quantitative estimate of drug-likeness (QED) is 0.905. The Morgan fingerprint density at radius 1 is 1.39 bits per heavy atom. The average molecular weight is 276 g/mol. The number of hydrogen-bond acceptors (Lipinski definition) is 4. The van der Waals surface area contributed by atoms with E-state index in [9.17, 15) is 13.2 Å². The van der Waals surface area contributed by atoms with E-state index >= 15 is 0 Å². The van der Waals surface area contributed by atoms with E-state index in [1.54, 1.807) is 0 Å². The minimum Gasteiger partial charge on any atom is -0.356 e. The molecular weight excluding hydrogens is 265 g/mol. The van der Waals surface area contributed by atoms with Crippen LogP contribution in [-0.2, 0) is 12.7 Å². The van der Waals surface area contributed by atoms with Gasteiger partial charge in [-0.2, -0.15) is 18.3 Å². The summed E-state index contributed by atoms with van der Waals surface area (Å²) in [4.78, 5) is 3.48. The molecule has 0 unspecified atom stereocenters. The van der Waals surface area contributed by atoms with E-state index in [-0.39, 0.29) is 5.13 Å². The van der Waals surface area contributed by atoms with Gasteiger partial charge in [0.2, 0.25) is 0 Å². The van der Waals surface area contributed by atoms with Gasteiger partial charge >= 0.3 is 6.18 Å². The van der Waals surface area contributed by atoms with Crippen molar-refractivity contribution in [2.24, 2.45) is 0 Å². The lowest BCUT2D eigenvalue weighted by molar-refractivity contribution is -0.140. The van der Waals surface area contributed by atoms with Crippen LogP contribution in [0.1, 0.15) is 22.6 Å². The van der Waals surface area contributed by atoms with Crippen molar-refractivity contribution in [1.82, 2.24) is 15.2 Å². The van der Waals surface area contributed by atoms with E-state index in [0.29, 0.717) is 6.54 Å². The lowest BCUT2D eigenvalue weighted by atomic mass is 10.2. The van der Waals surface area contributed by atoms with Crippen molar-refractivity contribution < 1.29 is 13.2 Å². The fourth-order valence-corrected chi connectivity index (χ4v) is 2.07. The van der Waals surface area contributed by atoms with Gasteiger partial charge in [-0.15, -0.1) is 11.3 Å². The molecule has 98 valence electrons. The normalized spacial score (nSPS) is 11.8. The van der Waals surface area contributed by atoms with Crippen LogP contribution in [-0.4, -0.2) is 15.2 Å². The van der Waals surface area contributed by atoms with Crippen molar-refractivity contribution in [3.63, 3.8) is 0 Å². The van der Waals surface area contributed by atoms with Crippen LogP contribution in [0.5, 0.6) is 0 Å². The van der Waals surface area contributed by atoms with E-state index in [4.69, 9.17) is 0 Å². The van der Waals surface area contributed by atoms with Crippen molar-refractivity contribution in [1.29, 1.82) is 0 Å². The molecule has 0 bridgehead atoms. The number of H-pyrrole nitrogens is 1. The van der Waals surface area contributed by atoms with E-state index in [1.807, 2.05) is 13.8 Å². The highest BCUT2D eigenvalue weighted by Gasteiger charge is 2.33. The maximum Gasteiger partial charge on any atom is 0.434 e. The topological polar surface area (TPSA) is 53.6 Å². The first kappa shape index (κ1) is 12.9. The first-order valence-electron chi connectivity index (χ1n) is 5.15. The maximum absolute atomic E-state index is 12.3. The van der Waals surface area contributed by atoms with Gasteiger partial charge in [-0.3, -0.25) is 5.10 Å². The largest absolute Gasteiger partial charge is 0.434 e. The van der Waals surface area contributed by atoms with Crippen LogP contribution in [0, 0.1) is 13.8 Å². The molecule has 0 aromatic carbocycles. The second-order valence-corrected chi connectivity index (χ2v) is 4.67. The van der Waals surface area contributed by atoms with Crippen LogP contribution in [0.3, 0.4) is 0 Å². The van der Waals surface area contributed by atoms with Gasteiger partial charge in [-0.25, -0.2) is 4.98 Å². The molecule has 0 radical (unpaired) electrons. The Hall–Kier alpha value is -1.57. The number of thiazole rings is 1. The number of nitrogens with zero attached hydrogens (tertiary/aromatic N) is 2. The summed E-state index contributed by atoms with van der Waals surface area (Å²) in [5.74, 6) is 0. The first-order valence-corrected chi connectivity index (χ1v) is 6.03. The van der Waals surface area contributed by atoms with Gasteiger partial charge in [-0.05, 0) is 19.4 Å². The van der Waals surface area contributed by atoms with Crippen LogP contribution in [0.4, 0.5) is 18.3 Å². The summed E-state index contributed by atoms with van der Waals surface area (Å²) in [6, 6.07) is 0. The third kappa shape index (κ3) is 2.63. The molecular formula is C10H11F3N4S. The number of rotatable bonds is 3. The van der Waals surface area contributed by atoms with Crippen LogP contribution in [0.2, 0.25) is 0 Å². The second kappa shape index (κ2) is 4.60. The summed E-state index contributed by atoms with van der Waals surface area (Å²) in [6.07, 6.45) is -4.39. The minimum absolute atomic E-state index is 0.238. The molecule has 0 saturated carbocycles. The lowest BCUT2D eigenvalue weighted by Crippen LogP contribution is -2.06. The Morgan fingerprint density at radius 3 is 2.61 bits per heavy atom. The number of halogens is 3. The van der Waals surface area contributed by atoms with Gasteiger partial charge in [0.1, 0.15) is 0 Å². The molecule has 0 fully saturated rings. The van der Waals surface area contributed by atoms with Gasteiger partial charge in [-0.1, -0.05) is 0 Å². The standard InChI is InChI=1S/C10H11F3N4S/c1-5-6(2)16-17-7(5)3-14-9-15-8(4-18-9)10(11,12)13/h4H,3H2,1-2H3,(H,14,15)(H,16,17). The Bertz CT molecular complexity index is 544. The number of aryl methyl sites for hydroxylation is 1. The highest BCUT2D eigenvalue weighted by Crippen LogP contribution is 2.31. The maximum atomic E-state index is 12.3. The molecule has 2 heterocycles. The van der Waals surface area contributed by atoms with Gasteiger partial charge in [0, 0.05) is 11.1 Å². The summed E-state index contributed by atoms with van der Waals surface area (Å²) >= 11 is 0.928. The Balaban J connectivity index is 2.03. The summed E-state index contributed by atoms with van der Waals surface area (Å²) in [6.45, 7) is 4.14. The lowest BCUT2D eigenvalue weighted by Gasteiger charge is -2.02. The zero-order valence-electron chi connectivity index (χ0n) is 9.72. The van der Waals surface area contributed by atoms with Gasteiger partial charge in [0.25, 0.3) is 0 Å². The highest BCUT2D eigenvalue weighted by atomic mass is 32.1. The molecule has 4 nitrogen and oxygen atoms in total. The molecule has 0 aliphatic heterocycles. The molecule has 2 aromatic rings. The molecule has 0 amide bonds. The Morgan fingerprint density at radius 2 is 2.11 bits per heavy atom. The number of hydrogen-bond donors (Lipinski definition) is 2. The van der Waals surface area contributed by atoms with Crippen LogP contribution < -0.4 is 5.32 Å². The fourth-order valence-electron chi connectivity index (χ4n) is 1.35. The number of anilines is 1. The Labute approximate surface area is 105 Å². The van der Waals surface area contributed by atoms with Crippen molar-refractivity contribution in [3.05, 3.63) is 28.0 Å². The molecule has 18 heavy (non-hydrogen) atoms. The van der Waals surface area contributed by atoms with Crippen LogP contribution in [0.15, 0.2) is 5.38 Å². The highest BCUT2D eigenvalue weighted by molar-refractivity contribution is 7.13. The predicted molar refractivity (Wildman–Crippen MR) is 62.5 cm³/mol. The molecule has 0 atom stereocenters. The Kier molecular flexibility index (Phi) is 3.29. The molecule has 2 aromatic heterocycles. The molecule has 2 rings (SSSR count). The predicted octanol–water partition coefficient (Wildman–Crippen LogP) is 3.11. The summed E-state index contributed by atoms with van der Waals surface area (Å²) in [5, 5.41) is 10.9. The summed E-state index contributed by atoms with van der Waals surface area (Å²) < 4.78 is 37.0. The first-order chi connectivity index (χ1) is 8.38. The van der Waals surface area contributed by atoms with Crippen LogP contribution in [0.25, 0.3) is 0 Å². The van der Waals surface area contributed by atoms with E-state index < -0.39 is 11.9 Å². The van der Waals surface area contributed by atoms with Crippen LogP contribution >= 0.6 is 11.3 Å². The van der Waals surface area contributed by atoms with Crippen molar-refractivity contribution in [2.45, 2.75) is 26.6 Å². The monoisotopic (exact) mass is 276 g/mol. The zero-order chi connectivity index (χ0) is 13.3. The van der Waals surface area contributed by atoms with Gasteiger partial charge in [0.15, 0.2) is 10.8 Å². The van der Waals surface area contributed by atoms with Crippen molar-refractivity contribution in [3.8, 4) is 0 Å². The third-order valence-electron chi connectivity index (χ3n) is 2.56. The van der Waals surface area contributed by atoms with E-state index in [2.05, 4.69) is 20.5 Å². The molecule has 0 aliphatic carbocycles. The zero-order valence-corrected chi connectivity index (χ0v) is 10.5. The second-order valence-electron chi connectivity index (χ2n) is 3.81. The van der Waals surface area contributed by atoms with Crippen molar-refractivity contribution >= 4 is 16.5 Å². The minimum atomic E-state index is -4.39. The van der Waals surface area contributed by atoms with E-state index in [1.165, 1.54) is 0 Å². The molecule has 0 aliphatic rings. The SMILES string of the molecule is Cc1[nH]nc(CNc2nc(C(F)(F)F)cs2)c1C.